The number of nitrogens with zero attached hydrogens (tertiary/aromatic N) is 3. The third-order valence-corrected chi connectivity index (χ3v) is 2.93. The van der Waals surface area contributed by atoms with Crippen LogP contribution in [-0.2, 0) is 6.54 Å². The van der Waals surface area contributed by atoms with Gasteiger partial charge in [0.2, 0.25) is 0 Å². The molecular weight excluding hydrogens is 294 g/mol. The Balaban J connectivity index is 2.07. The van der Waals surface area contributed by atoms with E-state index < -0.39 is 0 Å². The van der Waals surface area contributed by atoms with Gasteiger partial charge < -0.3 is 4.90 Å². The van der Waals surface area contributed by atoms with Gasteiger partial charge in [0.05, 0.1) is 5.56 Å². The van der Waals surface area contributed by atoms with Crippen molar-refractivity contribution in [2.45, 2.75) is 6.54 Å². The van der Waals surface area contributed by atoms with Gasteiger partial charge in [-0.2, -0.15) is 0 Å². The molecule has 0 saturated carbocycles. The first-order chi connectivity index (χ1) is 8.66. The Morgan fingerprint density at radius 2 is 2.17 bits per heavy atom. The third-order valence-electron chi connectivity index (χ3n) is 2.46. The summed E-state index contributed by atoms with van der Waals surface area (Å²) in [6.07, 6.45) is 5.03. The first-order valence-electron chi connectivity index (χ1n) is 5.43. The minimum Gasteiger partial charge on any atom is -0.337 e. The van der Waals surface area contributed by atoms with Crippen LogP contribution in [0.15, 0.2) is 47.5 Å². The standard InChI is InChI=1S/C13H12BrN3O/c1-17(9-10-3-2-6-15-7-10)13(18)11-4-5-12(14)16-8-11/h2-8H,9H2,1H3. The minimum atomic E-state index is -0.0566. The molecule has 0 fully saturated rings. The molecule has 0 unspecified atom stereocenters. The summed E-state index contributed by atoms with van der Waals surface area (Å²) in [5.74, 6) is -0.0566. The molecule has 0 aliphatic heterocycles. The van der Waals surface area contributed by atoms with Gasteiger partial charge in [-0.3, -0.25) is 9.78 Å². The van der Waals surface area contributed by atoms with Crippen LogP contribution in [0.1, 0.15) is 15.9 Å². The van der Waals surface area contributed by atoms with Crippen molar-refractivity contribution in [3.05, 3.63) is 58.6 Å². The second kappa shape index (κ2) is 5.73. The summed E-state index contributed by atoms with van der Waals surface area (Å²) >= 11 is 3.24. The van der Waals surface area contributed by atoms with Crippen LogP contribution in [0, 0.1) is 0 Å². The highest BCUT2D eigenvalue weighted by atomic mass is 79.9. The lowest BCUT2D eigenvalue weighted by atomic mass is 10.2. The summed E-state index contributed by atoms with van der Waals surface area (Å²) < 4.78 is 0.717. The molecule has 0 saturated heterocycles. The second-order valence-corrected chi connectivity index (χ2v) is 4.70. The maximum atomic E-state index is 12.1. The number of carbonyl (C=O) groups excluding carboxylic acids is 1. The van der Waals surface area contributed by atoms with Crippen LogP contribution >= 0.6 is 15.9 Å². The summed E-state index contributed by atoms with van der Waals surface area (Å²) in [4.78, 5) is 21.8. The maximum absolute atomic E-state index is 12.1. The minimum absolute atomic E-state index is 0.0566. The van der Waals surface area contributed by atoms with Crippen molar-refractivity contribution in [2.24, 2.45) is 0 Å². The average Bonchev–Trinajstić information content (AvgIpc) is 2.40. The number of hydrogen-bond donors (Lipinski definition) is 0. The zero-order valence-corrected chi connectivity index (χ0v) is 11.5. The number of hydrogen-bond acceptors (Lipinski definition) is 3. The Morgan fingerprint density at radius 3 is 2.78 bits per heavy atom. The average molecular weight is 306 g/mol. The quantitative estimate of drug-likeness (QED) is 0.819. The van der Waals surface area contributed by atoms with Gasteiger partial charge in [-0.1, -0.05) is 6.07 Å². The predicted molar refractivity (Wildman–Crippen MR) is 72.0 cm³/mol. The molecule has 0 spiro atoms. The molecule has 0 atom stereocenters. The van der Waals surface area contributed by atoms with Crippen molar-refractivity contribution >= 4 is 21.8 Å². The fraction of sp³-hybridized carbons (Fsp3) is 0.154. The van der Waals surface area contributed by atoms with E-state index >= 15 is 0 Å². The topological polar surface area (TPSA) is 46.1 Å². The smallest absolute Gasteiger partial charge is 0.255 e. The molecular formula is C13H12BrN3O. The van der Waals surface area contributed by atoms with Crippen LogP contribution in [0.2, 0.25) is 0 Å². The fourth-order valence-corrected chi connectivity index (χ4v) is 1.79. The van der Waals surface area contributed by atoms with Crippen LogP contribution in [0.5, 0.6) is 0 Å². The zero-order chi connectivity index (χ0) is 13.0. The number of aromatic nitrogens is 2. The van der Waals surface area contributed by atoms with Gasteiger partial charge in [0.25, 0.3) is 5.91 Å². The van der Waals surface area contributed by atoms with Gasteiger partial charge in [-0.05, 0) is 39.7 Å². The van der Waals surface area contributed by atoms with Crippen LogP contribution in [0.3, 0.4) is 0 Å². The van der Waals surface area contributed by atoms with Crippen molar-refractivity contribution in [1.29, 1.82) is 0 Å². The van der Waals surface area contributed by atoms with Crippen molar-refractivity contribution < 1.29 is 4.79 Å². The lowest BCUT2D eigenvalue weighted by Gasteiger charge is -2.16. The molecule has 0 aromatic carbocycles. The SMILES string of the molecule is CN(Cc1cccnc1)C(=O)c1ccc(Br)nc1. The lowest BCUT2D eigenvalue weighted by molar-refractivity contribution is 0.0784. The highest BCUT2D eigenvalue weighted by Crippen LogP contribution is 2.10. The van der Waals surface area contributed by atoms with Crippen molar-refractivity contribution in [1.82, 2.24) is 14.9 Å². The van der Waals surface area contributed by atoms with E-state index in [4.69, 9.17) is 0 Å². The first-order valence-corrected chi connectivity index (χ1v) is 6.22. The number of carbonyl (C=O) groups is 1. The highest BCUT2D eigenvalue weighted by molar-refractivity contribution is 9.10. The molecule has 0 N–H and O–H groups in total. The van der Waals surface area contributed by atoms with Crippen molar-refractivity contribution in [3.8, 4) is 0 Å². The van der Waals surface area contributed by atoms with E-state index in [1.54, 1.807) is 42.7 Å². The van der Waals surface area contributed by atoms with E-state index in [0.717, 1.165) is 5.56 Å². The molecule has 0 aliphatic rings. The first kappa shape index (κ1) is 12.7. The van der Waals surface area contributed by atoms with E-state index in [1.165, 1.54) is 0 Å². The molecule has 0 bridgehead atoms. The summed E-state index contributed by atoms with van der Waals surface area (Å²) in [6.45, 7) is 0.530. The molecule has 2 aromatic heterocycles. The van der Waals surface area contributed by atoms with E-state index in [-0.39, 0.29) is 5.91 Å². The monoisotopic (exact) mass is 305 g/mol. The van der Waals surface area contributed by atoms with Gasteiger partial charge in [0.1, 0.15) is 4.60 Å². The maximum Gasteiger partial charge on any atom is 0.255 e. The Kier molecular flexibility index (Phi) is 4.04. The third kappa shape index (κ3) is 3.13. The molecule has 1 amide bonds. The fourth-order valence-electron chi connectivity index (χ4n) is 1.56. The summed E-state index contributed by atoms with van der Waals surface area (Å²) in [5.41, 5.74) is 1.57. The van der Waals surface area contributed by atoms with E-state index in [9.17, 15) is 4.79 Å². The van der Waals surface area contributed by atoms with Gasteiger partial charge >= 0.3 is 0 Å². The van der Waals surface area contributed by atoms with Crippen molar-refractivity contribution in [2.75, 3.05) is 7.05 Å². The molecule has 2 aromatic rings. The normalized spacial score (nSPS) is 10.1. The largest absolute Gasteiger partial charge is 0.337 e. The molecule has 2 heterocycles. The highest BCUT2D eigenvalue weighted by Gasteiger charge is 2.12. The van der Waals surface area contributed by atoms with Crippen LogP contribution in [0.4, 0.5) is 0 Å². The Morgan fingerprint density at radius 1 is 1.33 bits per heavy atom. The Labute approximate surface area is 114 Å². The second-order valence-electron chi connectivity index (χ2n) is 3.89. The molecule has 0 radical (unpaired) electrons. The van der Waals surface area contributed by atoms with Crippen LogP contribution < -0.4 is 0 Å². The van der Waals surface area contributed by atoms with Gasteiger partial charge in [0, 0.05) is 32.2 Å². The Hall–Kier alpha value is -1.75. The van der Waals surface area contributed by atoms with Gasteiger partial charge in [0.15, 0.2) is 0 Å². The van der Waals surface area contributed by atoms with Crippen molar-refractivity contribution in [3.63, 3.8) is 0 Å². The lowest BCUT2D eigenvalue weighted by Crippen LogP contribution is -2.26. The number of halogens is 1. The molecule has 4 nitrogen and oxygen atoms in total. The summed E-state index contributed by atoms with van der Waals surface area (Å²) in [6, 6.07) is 7.30. The molecule has 0 aliphatic carbocycles. The number of amides is 1. The molecule has 18 heavy (non-hydrogen) atoms. The van der Waals surface area contributed by atoms with Gasteiger partial charge in [-0.25, -0.2) is 4.98 Å². The van der Waals surface area contributed by atoms with Crippen LogP contribution in [-0.4, -0.2) is 27.8 Å². The predicted octanol–water partition coefficient (Wildman–Crippen LogP) is 2.51. The summed E-state index contributed by atoms with van der Waals surface area (Å²) in [5, 5.41) is 0. The number of pyridine rings is 2. The molecule has 92 valence electrons. The van der Waals surface area contributed by atoms with E-state index in [1.807, 2.05) is 12.1 Å². The molecule has 2 rings (SSSR count). The number of rotatable bonds is 3. The molecule has 5 heteroatoms. The van der Waals surface area contributed by atoms with E-state index in [2.05, 4.69) is 25.9 Å². The summed E-state index contributed by atoms with van der Waals surface area (Å²) in [7, 11) is 1.76. The zero-order valence-electron chi connectivity index (χ0n) is 9.88. The van der Waals surface area contributed by atoms with E-state index in [0.29, 0.717) is 16.7 Å². The van der Waals surface area contributed by atoms with Crippen LogP contribution in [0.25, 0.3) is 0 Å². The Bertz CT molecular complexity index is 528. The van der Waals surface area contributed by atoms with Gasteiger partial charge in [-0.15, -0.1) is 0 Å².